The van der Waals surface area contributed by atoms with Crippen molar-refractivity contribution in [2.24, 2.45) is 0 Å². The standard InChI is InChI=1S/C16H26N2O2/c1-3-4-10-15(14-8-6-5-7-9-14)18-13-16(19)17-11-12-20-2/h5-9,15,18H,3-4,10-13H2,1-2H3,(H,17,19). The molecule has 0 aliphatic rings. The first-order valence-electron chi connectivity index (χ1n) is 7.32. The minimum absolute atomic E-state index is 0.0134. The van der Waals surface area contributed by atoms with Gasteiger partial charge in [-0.2, -0.15) is 0 Å². The SMILES string of the molecule is CCCCC(NCC(=O)NCCOC)c1ccccc1. The topological polar surface area (TPSA) is 50.4 Å². The fourth-order valence-corrected chi connectivity index (χ4v) is 2.05. The first-order valence-corrected chi connectivity index (χ1v) is 7.32. The van der Waals surface area contributed by atoms with Crippen molar-refractivity contribution in [1.29, 1.82) is 0 Å². The van der Waals surface area contributed by atoms with Crippen molar-refractivity contribution in [3.05, 3.63) is 35.9 Å². The van der Waals surface area contributed by atoms with E-state index in [4.69, 9.17) is 4.74 Å². The third-order valence-corrected chi connectivity index (χ3v) is 3.19. The Hall–Kier alpha value is -1.39. The molecule has 0 saturated heterocycles. The van der Waals surface area contributed by atoms with Gasteiger partial charge < -0.3 is 15.4 Å². The summed E-state index contributed by atoms with van der Waals surface area (Å²) in [5.41, 5.74) is 1.24. The molecule has 0 bridgehead atoms. The number of methoxy groups -OCH3 is 1. The van der Waals surface area contributed by atoms with Gasteiger partial charge in [-0.3, -0.25) is 4.79 Å². The van der Waals surface area contributed by atoms with Crippen LogP contribution < -0.4 is 10.6 Å². The first-order chi connectivity index (χ1) is 9.77. The zero-order chi connectivity index (χ0) is 14.6. The third kappa shape index (κ3) is 6.68. The number of rotatable bonds is 10. The average molecular weight is 278 g/mol. The highest BCUT2D eigenvalue weighted by Crippen LogP contribution is 2.18. The van der Waals surface area contributed by atoms with Crippen LogP contribution in [-0.2, 0) is 9.53 Å². The van der Waals surface area contributed by atoms with Gasteiger partial charge in [-0.1, -0.05) is 50.1 Å². The van der Waals surface area contributed by atoms with Crippen molar-refractivity contribution in [2.45, 2.75) is 32.2 Å². The van der Waals surface area contributed by atoms with Crippen molar-refractivity contribution < 1.29 is 9.53 Å². The Balaban J connectivity index is 2.43. The van der Waals surface area contributed by atoms with Crippen LogP contribution in [0.4, 0.5) is 0 Å². The molecule has 112 valence electrons. The molecule has 0 spiro atoms. The Bertz CT molecular complexity index is 368. The zero-order valence-corrected chi connectivity index (χ0v) is 12.5. The van der Waals surface area contributed by atoms with E-state index in [0.29, 0.717) is 19.7 Å². The quantitative estimate of drug-likeness (QED) is 0.646. The van der Waals surface area contributed by atoms with E-state index in [9.17, 15) is 4.79 Å². The highest BCUT2D eigenvalue weighted by atomic mass is 16.5. The highest BCUT2D eigenvalue weighted by molar-refractivity contribution is 5.78. The summed E-state index contributed by atoms with van der Waals surface area (Å²) < 4.78 is 4.91. The normalized spacial score (nSPS) is 12.1. The number of carbonyl (C=O) groups is 1. The summed E-state index contributed by atoms with van der Waals surface area (Å²) in [6.07, 6.45) is 3.36. The molecule has 1 aromatic carbocycles. The van der Waals surface area contributed by atoms with Crippen molar-refractivity contribution >= 4 is 5.91 Å². The molecule has 4 nitrogen and oxygen atoms in total. The van der Waals surface area contributed by atoms with E-state index in [-0.39, 0.29) is 11.9 Å². The predicted molar refractivity (Wildman–Crippen MR) is 81.6 cm³/mol. The van der Waals surface area contributed by atoms with E-state index in [2.05, 4.69) is 29.7 Å². The molecule has 0 fully saturated rings. The predicted octanol–water partition coefficient (Wildman–Crippen LogP) is 2.27. The van der Waals surface area contributed by atoms with Gasteiger partial charge in [0.1, 0.15) is 0 Å². The number of amides is 1. The van der Waals surface area contributed by atoms with Crippen molar-refractivity contribution in [3.63, 3.8) is 0 Å². The first kappa shape index (κ1) is 16.7. The van der Waals surface area contributed by atoms with Crippen molar-refractivity contribution in [2.75, 3.05) is 26.8 Å². The number of nitrogens with one attached hydrogen (secondary N) is 2. The molecule has 1 unspecified atom stereocenters. The molecule has 0 heterocycles. The van der Waals surface area contributed by atoms with Crippen LogP contribution in [0.1, 0.15) is 37.8 Å². The molecule has 0 aliphatic carbocycles. The number of hydrogen-bond acceptors (Lipinski definition) is 3. The molecule has 2 N–H and O–H groups in total. The van der Waals surface area contributed by atoms with Crippen molar-refractivity contribution in [3.8, 4) is 0 Å². The number of unbranched alkanes of at least 4 members (excludes halogenated alkanes) is 1. The zero-order valence-electron chi connectivity index (χ0n) is 12.5. The van der Waals surface area contributed by atoms with Crippen LogP contribution >= 0.6 is 0 Å². The lowest BCUT2D eigenvalue weighted by Crippen LogP contribution is -2.37. The number of benzene rings is 1. The Morgan fingerprint density at radius 1 is 1.30 bits per heavy atom. The fraction of sp³-hybridized carbons (Fsp3) is 0.562. The summed E-state index contributed by atoms with van der Waals surface area (Å²) in [6.45, 7) is 3.62. The molecule has 1 aromatic rings. The summed E-state index contributed by atoms with van der Waals surface area (Å²) >= 11 is 0. The van der Waals surface area contributed by atoms with Crippen molar-refractivity contribution in [1.82, 2.24) is 10.6 Å². The Morgan fingerprint density at radius 2 is 2.05 bits per heavy atom. The number of carbonyl (C=O) groups excluding carboxylic acids is 1. The molecule has 1 atom stereocenters. The van der Waals surface area contributed by atoms with Crippen LogP contribution in [0, 0.1) is 0 Å². The monoisotopic (exact) mass is 278 g/mol. The molecule has 0 aromatic heterocycles. The molecule has 0 aliphatic heterocycles. The molecule has 4 heteroatoms. The van der Waals surface area contributed by atoms with E-state index in [1.165, 1.54) is 5.56 Å². The lowest BCUT2D eigenvalue weighted by molar-refractivity contribution is -0.120. The summed E-state index contributed by atoms with van der Waals surface area (Å²) in [7, 11) is 1.63. The average Bonchev–Trinajstić information content (AvgIpc) is 2.48. The van der Waals surface area contributed by atoms with E-state index in [0.717, 1.165) is 19.3 Å². The van der Waals surface area contributed by atoms with Gasteiger partial charge in [0.15, 0.2) is 0 Å². The maximum Gasteiger partial charge on any atom is 0.234 e. The Kier molecular flexibility index (Phi) is 8.67. The van der Waals surface area contributed by atoms with Crippen LogP contribution in [0.25, 0.3) is 0 Å². The summed E-state index contributed by atoms with van der Waals surface area (Å²) in [5, 5.41) is 6.16. The van der Waals surface area contributed by atoms with Crippen LogP contribution in [0.5, 0.6) is 0 Å². The minimum Gasteiger partial charge on any atom is -0.383 e. The van der Waals surface area contributed by atoms with Gasteiger partial charge in [0.2, 0.25) is 5.91 Å². The lowest BCUT2D eigenvalue weighted by atomic mass is 10.0. The van der Waals surface area contributed by atoms with Gasteiger partial charge in [0.05, 0.1) is 13.2 Å². The van der Waals surface area contributed by atoms with Gasteiger partial charge in [-0.25, -0.2) is 0 Å². The molecule has 1 rings (SSSR count). The smallest absolute Gasteiger partial charge is 0.234 e. The van der Waals surface area contributed by atoms with Crippen LogP contribution in [-0.4, -0.2) is 32.7 Å². The third-order valence-electron chi connectivity index (χ3n) is 3.19. The Morgan fingerprint density at radius 3 is 2.70 bits per heavy atom. The molecule has 0 radical (unpaired) electrons. The maximum atomic E-state index is 11.7. The summed E-state index contributed by atoms with van der Waals surface area (Å²) in [5.74, 6) is 0.0134. The highest BCUT2D eigenvalue weighted by Gasteiger charge is 2.11. The van der Waals surface area contributed by atoms with E-state index >= 15 is 0 Å². The maximum absolute atomic E-state index is 11.7. The van der Waals surface area contributed by atoms with Crippen LogP contribution in [0.3, 0.4) is 0 Å². The number of hydrogen-bond donors (Lipinski definition) is 2. The summed E-state index contributed by atoms with van der Waals surface area (Å²) in [4.78, 5) is 11.7. The van der Waals surface area contributed by atoms with Gasteiger partial charge in [-0.15, -0.1) is 0 Å². The second-order valence-corrected chi connectivity index (χ2v) is 4.83. The van der Waals surface area contributed by atoms with Crippen LogP contribution in [0.15, 0.2) is 30.3 Å². The lowest BCUT2D eigenvalue weighted by Gasteiger charge is -2.19. The van der Waals surface area contributed by atoms with Crippen LogP contribution in [0.2, 0.25) is 0 Å². The fourth-order valence-electron chi connectivity index (χ4n) is 2.05. The largest absolute Gasteiger partial charge is 0.383 e. The minimum atomic E-state index is 0.0134. The van der Waals surface area contributed by atoms with E-state index in [1.54, 1.807) is 7.11 Å². The molecular weight excluding hydrogens is 252 g/mol. The van der Waals surface area contributed by atoms with Gasteiger partial charge in [-0.05, 0) is 12.0 Å². The van der Waals surface area contributed by atoms with E-state index < -0.39 is 0 Å². The molecule has 0 saturated carbocycles. The molecule has 20 heavy (non-hydrogen) atoms. The molecular formula is C16H26N2O2. The second-order valence-electron chi connectivity index (χ2n) is 4.83. The molecule has 1 amide bonds. The van der Waals surface area contributed by atoms with Gasteiger partial charge in [0.25, 0.3) is 0 Å². The van der Waals surface area contributed by atoms with Gasteiger partial charge >= 0.3 is 0 Å². The Labute approximate surface area is 121 Å². The van der Waals surface area contributed by atoms with Gasteiger partial charge in [0, 0.05) is 19.7 Å². The number of ether oxygens (including phenoxy) is 1. The van der Waals surface area contributed by atoms with E-state index in [1.807, 2.05) is 18.2 Å². The second kappa shape index (κ2) is 10.4. The summed E-state index contributed by atoms with van der Waals surface area (Å²) in [6, 6.07) is 10.5.